The minimum atomic E-state index is -0.833. The van der Waals surface area contributed by atoms with Gasteiger partial charge in [0.1, 0.15) is 0 Å². The molecule has 0 radical (unpaired) electrons. The molecule has 0 aliphatic heterocycles. The fourth-order valence-electron chi connectivity index (χ4n) is 2.22. The fraction of sp³-hybridized carbons (Fsp3) is 0.500. The van der Waals surface area contributed by atoms with Gasteiger partial charge in [0, 0.05) is 6.54 Å². The Morgan fingerprint density at radius 1 is 1.29 bits per heavy atom. The van der Waals surface area contributed by atoms with Gasteiger partial charge in [0.25, 0.3) is 0 Å². The van der Waals surface area contributed by atoms with Gasteiger partial charge >= 0.3 is 5.97 Å². The van der Waals surface area contributed by atoms with Crippen LogP contribution in [0.25, 0.3) is 0 Å². The monoisotopic (exact) mass is 235 g/mol. The van der Waals surface area contributed by atoms with E-state index in [0.717, 1.165) is 16.7 Å². The molecule has 3 nitrogen and oxygen atoms in total. The van der Waals surface area contributed by atoms with Crippen LogP contribution in [0.15, 0.2) is 18.2 Å². The lowest BCUT2D eigenvalue weighted by atomic mass is 9.79. The highest BCUT2D eigenvalue weighted by Gasteiger charge is 2.35. The van der Waals surface area contributed by atoms with E-state index in [0.29, 0.717) is 12.8 Å². The smallest absolute Gasteiger partial charge is 0.311 e. The first-order chi connectivity index (χ1) is 7.93. The zero-order chi connectivity index (χ0) is 13.1. The Hall–Kier alpha value is -1.35. The SMILES string of the molecule is CCC(CN)(Cc1cc(C)cc(C)c1)C(=O)O. The van der Waals surface area contributed by atoms with E-state index in [9.17, 15) is 9.90 Å². The fourth-order valence-corrected chi connectivity index (χ4v) is 2.22. The van der Waals surface area contributed by atoms with Gasteiger partial charge in [0.15, 0.2) is 0 Å². The molecule has 0 bridgehead atoms. The van der Waals surface area contributed by atoms with Crippen molar-refractivity contribution in [2.24, 2.45) is 11.1 Å². The molecule has 0 saturated carbocycles. The van der Waals surface area contributed by atoms with Gasteiger partial charge in [-0.05, 0) is 32.3 Å². The highest BCUT2D eigenvalue weighted by Crippen LogP contribution is 2.27. The summed E-state index contributed by atoms with van der Waals surface area (Å²) in [7, 11) is 0. The summed E-state index contributed by atoms with van der Waals surface area (Å²) in [5.74, 6) is -0.804. The molecule has 1 rings (SSSR count). The van der Waals surface area contributed by atoms with Gasteiger partial charge in [0.2, 0.25) is 0 Å². The molecular weight excluding hydrogens is 214 g/mol. The van der Waals surface area contributed by atoms with Crippen LogP contribution < -0.4 is 5.73 Å². The summed E-state index contributed by atoms with van der Waals surface area (Å²) in [5.41, 5.74) is 8.20. The normalized spacial score (nSPS) is 14.4. The third-order valence-corrected chi connectivity index (χ3v) is 3.35. The van der Waals surface area contributed by atoms with Crippen molar-refractivity contribution in [2.45, 2.75) is 33.6 Å². The molecule has 0 aliphatic carbocycles. The highest BCUT2D eigenvalue weighted by molar-refractivity contribution is 5.75. The number of benzene rings is 1. The lowest BCUT2D eigenvalue weighted by molar-refractivity contribution is -0.148. The first-order valence-electron chi connectivity index (χ1n) is 5.94. The standard InChI is InChI=1S/C14H21NO2/c1-4-14(9-15,13(16)17)8-12-6-10(2)5-11(3)7-12/h5-7H,4,8-9,15H2,1-3H3,(H,16,17). The van der Waals surface area contributed by atoms with Crippen LogP contribution >= 0.6 is 0 Å². The Balaban J connectivity index is 3.05. The third-order valence-electron chi connectivity index (χ3n) is 3.35. The topological polar surface area (TPSA) is 63.3 Å². The molecule has 0 fully saturated rings. The Morgan fingerprint density at radius 3 is 2.18 bits per heavy atom. The Morgan fingerprint density at radius 2 is 1.82 bits per heavy atom. The van der Waals surface area contributed by atoms with Crippen molar-refractivity contribution in [3.8, 4) is 0 Å². The number of hydrogen-bond donors (Lipinski definition) is 2. The van der Waals surface area contributed by atoms with Crippen LogP contribution in [0.3, 0.4) is 0 Å². The van der Waals surface area contributed by atoms with Crippen molar-refractivity contribution in [3.05, 3.63) is 34.9 Å². The molecule has 1 aromatic carbocycles. The number of aryl methyl sites for hydroxylation is 2. The van der Waals surface area contributed by atoms with Crippen molar-refractivity contribution in [1.29, 1.82) is 0 Å². The van der Waals surface area contributed by atoms with Gasteiger partial charge < -0.3 is 10.8 Å². The highest BCUT2D eigenvalue weighted by atomic mass is 16.4. The minimum absolute atomic E-state index is 0.172. The first-order valence-corrected chi connectivity index (χ1v) is 5.94. The van der Waals surface area contributed by atoms with E-state index in [1.54, 1.807) is 0 Å². The van der Waals surface area contributed by atoms with E-state index in [1.807, 2.05) is 32.9 Å². The zero-order valence-corrected chi connectivity index (χ0v) is 10.8. The van der Waals surface area contributed by atoms with Crippen molar-refractivity contribution in [2.75, 3.05) is 6.54 Å². The number of hydrogen-bond acceptors (Lipinski definition) is 2. The maximum atomic E-state index is 11.4. The van der Waals surface area contributed by atoms with Crippen LogP contribution in [-0.4, -0.2) is 17.6 Å². The minimum Gasteiger partial charge on any atom is -0.481 e. The maximum Gasteiger partial charge on any atom is 0.311 e. The molecule has 0 aromatic heterocycles. The third kappa shape index (κ3) is 3.07. The molecule has 0 amide bonds. The van der Waals surface area contributed by atoms with Gasteiger partial charge in [-0.3, -0.25) is 4.79 Å². The Labute approximate surface area is 103 Å². The average Bonchev–Trinajstić information content (AvgIpc) is 2.24. The molecule has 94 valence electrons. The summed E-state index contributed by atoms with van der Waals surface area (Å²) < 4.78 is 0. The second-order valence-electron chi connectivity index (χ2n) is 4.82. The maximum absolute atomic E-state index is 11.4. The summed E-state index contributed by atoms with van der Waals surface area (Å²) in [6, 6.07) is 6.16. The van der Waals surface area contributed by atoms with Crippen molar-refractivity contribution in [3.63, 3.8) is 0 Å². The number of carbonyl (C=O) groups is 1. The van der Waals surface area contributed by atoms with E-state index in [1.165, 1.54) is 0 Å². The molecular formula is C14H21NO2. The van der Waals surface area contributed by atoms with Crippen molar-refractivity contribution >= 4 is 5.97 Å². The van der Waals surface area contributed by atoms with Gasteiger partial charge in [-0.2, -0.15) is 0 Å². The van der Waals surface area contributed by atoms with E-state index in [4.69, 9.17) is 5.73 Å². The second kappa shape index (κ2) is 5.32. The Bertz CT molecular complexity index is 388. The van der Waals surface area contributed by atoms with Crippen LogP contribution in [0.4, 0.5) is 0 Å². The van der Waals surface area contributed by atoms with E-state index in [-0.39, 0.29) is 6.54 Å². The zero-order valence-electron chi connectivity index (χ0n) is 10.8. The molecule has 0 spiro atoms. The molecule has 0 heterocycles. The second-order valence-corrected chi connectivity index (χ2v) is 4.82. The summed E-state index contributed by atoms with van der Waals surface area (Å²) >= 11 is 0. The molecule has 1 unspecified atom stereocenters. The first kappa shape index (κ1) is 13.7. The lowest BCUT2D eigenvalue weighted by Gasteiger charge is -2.26. The molecule has 17 heavy (non-hydrogen) atoms. The van der Waals surface area contributed by atoms with Gasteiger partial charge in [0.05, 0.1) is 5.41 Å². The quantitative estimate of drug-likeness (QED) is 0.823. The van der Waals surface area contributed by atoms with Gasteiger partial charge in [-0.15, -0.1) is 0 Å². The summed E-state index contributed by atoms with van der Waals surface area (Å²) in [5, 5.41) is 9.34. The molecule has 1 atom stereocenters. The van der Waals surface area contributed by atoms with Crippen molar-refractivity contribution in [1.82, 2.24) is 0 Å². The molecule has 0 aliphatic rings. The van der Waals surface area contributed by atoms with E-state index >= 15 is 0 Å². The number of carboxylic acids is 1. The predicted molar refractivity (Wildman–Crippen MR) is 69.0 cm³/mol. The summed E-state index contributed by atoms with van der Waals surface area (Å²) in [6.45, 7) is 6.09. The number of aliphatic carboxylic acids is 1. The lowest BCUT2D eigenvalue weighted by Crippen LogP contribution is -2.40. The van der Waals surface area contributed by atoms with Crippen molar-refractivity contribution < 1.29 is 9.90 Å². The molecule has 0 saturated heterocycles. The molecule has 3 heteroatoms. The summed E-state index contributed by atoms with van der Waals surface area (Å²) in [6.07, 6.45) is 1.05. The number of nitrogens with two attached hydrogens (primary N) is 1. The van der Waals surface area contributed by atoms with Crippen LogP contribution in [0.2, 0.25) is 0 Å². The van der Waals surface area contributed by atoms with Crippen LogP contribution in [-0.2, 0) is 11.2 Å². The van der Waals surface area contributed by atoms with Gasteiger partial charge in [-0.1, -0.05) is 36.2 Å². The largest absolute Gasteiger partial charge is 0.481 e. The van der Waals surface area contributed by atoms with E-state index < -0.39 is 11.4 Å². The molecule has 3 N–H and O–H groups in total. The number of carboxylic acid groups (broad SMARTS) is 1. The van der Waals surface area contributed by atoms with Crippen LogP contribution in [0.1, 0.15) is 30.0 Å². The Kier molecular flexibility index (Phi) is 4.29. The molecule has 1 aromatic rings. The van der Waals surface area contributed by atoms with Gasteiger partial charge in [-0.25, -0.2) is 0 Å². The van der Waals surface area contributed by atoms with E-state index in [2.05, 4.69) is 6.07 Å². The average molecular weight is 235 g/mol. The van der Waals surface area contributed by atoms with Crippen LogP contribution in [0, 0.1) is 19.3 Å². The van der Waals surface area contributed by atoms with Crippen LogP contribution in [0.5, 0.6) is 0 Å². The predicted octanol–water partition coefficient (Wildman–Crippen LogP) is 2.29. The number of rotatable bonds is 5. The summed E-state index contributed by atoms with van der Waals surface area (Å²) in [4.78, 5) is 11.4.